The number of benzene rings is 2. The summed E-state index contributed by atoms with van der Waals surface area (Å²) in [7, 11) is 0. The van der Waals surface area contributed by atoms with Gasteiger partial charge in [-0.3, -0.25) is 4.79 Å². The molecular formula is C20H23NO2. The van der Waals surface area contributed by atoms with E-state index in [0.717, 1.165) is 19.4 Å². The zero-order valence-electron chi connectivity index (χ0n) is 13.3. The highest BCUT2D eigenvalue weighted by Gasteiger charge is 2.27. The molecule has 3 nitrogen and oxygen atoms in total. The second kappa shape index (κ2) is 7.93. The fraction of sp³-hybridized carbons (Fsp3) is 0.350. The molecule has 0 aliphatic carbocycles. The summed E-state index contributed by atoms with van der Waals surface area (Å²) < 4.78 is 5.95. The van der Waals surface area contributed by atoms with E-state index in [4.69, 9.17) is 4.74 Å². The Kier molecular flexibility index (Phi) is 5.43. The molecule has 23 heavy (non-hydrogen) atoms. The van der Waals surface area contributed by atoms with E-state index < -0.39 is 0 Å². The van der Waals surface area contributed by atoms with Crippen molar-refractivity contribution in [3.63, 3.8) is 0 Å². The predicted molar refractivity (Wildman–Crippen MR) is 91.0 cm³/mol. The van der Waals surface area contributed by atoms with Gasteiger partial charge in [0.2, 0.25) is 5.91 Å². The fourth-order valence-electron chi connectivity index (χ4n) is 3.13. The van der Waals surface area contributed by atoms with E-state index in [1.165, 1.54) is 11.1 Å². The maximum atomic E-state index is 11.9. The maximum Gasteiger partial charge on any atom is 0.223 e. The van der Waals surface area contributed by atoms with E-state index >= 15 is 0 Å². The first-order valence-electron chi connectivity index (χ1n) is 8.27. The Morgan fingerprint density at radius 3 is 2.39 bits per heavy atom. The molecule has 0 unspecified atom stereocenters. The Hall–Kier alpha value is -2.13. The van der Waals surface area contributed by atoms with Gasteiger partial charge < -0.3 is 10.1 Å². The third kappa shape index (κ3) is 4.42. The quantitative estimate of drug-likeness (QED) is 0.850. The van der Waals surface area contributed by atoms with Crippen molar-refractivity contribution in [3.8, 4) is 0 Å². The van der Waals surface area contributed by atoms with Crippen molar-refractivity contribution in [1.29, 1.82) is 0 Å². The van der Waals surface area contributed by atoms with E-state index in [2.05, 4.69) is 29.6 Å². The SMILES string of the molecule is O=C1NCC[C@@H]1C[C@@H](COCc1ccccc1)c1ccccc1. The molecule has 0 aromatic heterocycles. The number of hydrogen-bond acceptors (Lipinski definition) is 2. The highest BCUT2D eigenvalue weighted by molar-refractivity contribution is 5.80. The number of carbonyl (C=O) groups excluding carboxylic acids is 1. The van der Waals surface area contributed by atoms with Crippen LogP contribution in [0.5, 0.6) is 0 Å². The van der Waals surface area contributed by atoms with Crippen molar-refractivity contribution in [3.05, 3.63) is 71.8 Å². The molecule has 0 spiro atoms. The van der Waals surface area contributed by atoms with Gasteiger partial charge in [-0.1, -0.05) is 60.7 Å². The highest BCUT2D eigenvalue weighted by atomic mass is 16.5. The summed E-state index contributed by atoms with van der Waals surface area (Å²) in [4.78, 5) is 11.9. The average Bonchev–Trinajstić information content (AvgIpc) is 3.01. The van der Waals surface area contributed by atoms with E-state index in [9.17, 15) is 4.79 Å². The maximum absolute atomic E-state index is 11.9. The smallest absolute Gasteiger partial charge is 0.223 e. The lowest BCUT2D eigenvalue weighted by atomic mass is 9.88. The summed E-state index contributed by atoms with van der Waals surface area (Å²) in [5.41, 5.74) is 2.43. The first-order chi connectivity index (χ1) is 11.3. The Balaban J connectivity index is 1.62. The average molecular weight is 309 g/mol. The van der Waals surface area contributed by atoms with Crippen molar-refractivity contribution in [2.24, 2.45) is 5.92 Å². The summed E-state index contributed by atoms with van der Waals surface area (Å²) in [5.74, 6) is 0.559. The van der Waals surface area contributed by atoms with Gasteiger partial charge in [-0.15, -0.1) is 0 Å². The molecule has 1 saturated heterocycles. The van der Waals surface area contributed by atoms with Crippen LogP contribution in [0.15, 0.2) is 60.7 Å². The lowest BCUT2D eigenvalue weighted by Gasteiger charge is -2.20. The first-order valence-corrected chi connectivity index (χ1v) is 8.27. The highest BCUT2D eigenvalue weighted by Crippen LogP contribution is 2.28. The summed E-state index contributed by atoms with van der Waals surface area (Å²) in [6, 6.07) is 20.6. The molecule has 1 N–H and O–H groups in total. The molecule has 1 fully saturated rings. The zero-order chi connectivity index (χ0) is 15.9. The van der Waals surface area contributed by atoms with Crippen LogP contribution >= 0.6 is 0 Å². The molecule has 120 valence electrons. The minimum atomic E-state index is 0.112. The molecule has 0 radical (unpaired) electrons. The van der Waals surface area contributed by atoms with E-state index in [-0.39, 0.29) is 17.7 Å². The minimum Gasteiger partial charge on any atom is -0.376 e. The Labute approximate surface area is 137 Å². The van der Waals surface area contributed by atoms with E-state index in [1.807, 2.05) is 36.4 Å². The second-order valence-electron chi connectivity index (χ2n) is 6.12. The Bertz CT molecular complexity index is 612. The van der Waals surface area contributed by atoms with Gasteiger partial charge in [0.05, 0.1) is 13.2 Å². The van der Waals surface area contributed by atoms with Crippen LogP contribution in [0.3, 0.4) is 0 Å². The second-order valence-corrected chi connectivity index (χ2v) is 6.12. The van der Waals surface area contributed by atoms with Gasteiger partial charge in [0.1, 0.15) is 0 Å². The third-order valence-electron chi connectivity index (χ3n) is 4.43. The number of hydrogen-bond donors (Lipinski definition) is 1. The van der Waals surface area contributed by atoms with Crippen molar-refractivity contribution in [2.45, 2.75) is 25.4 Å². The van der Waals surface area contributed by atoms with Crippen LogP contribution in [0.25, 0.3) is 0 Å². The van der Waals surface area contributed by atoms with Crippen LogP contribution in [0.4, 0.5) is 0 Å². The molecule has 1 heterocycles. The lowest BCUT2D eigenvalue weighted by molar-refractivity contribution is -0.122. The van der Waals surface area contributed by atoms with Crippen molar-refractivity contribution < 1.29 is 9.53 Å². The van der Waals surface area contributed by atoms with Gasteiger partial charge in [-0.05, 0) is 24.0 Å². The van der Waals surface area contributed by atoms with Gasteiger partial charge in [-0.2, -0.15) is 0 Å². The normalized spacial score (nSPS) is 18.6. The van der Waals surface area contributed by atoms with Crippen LogP contribution in [0.2, 0.25) is 0 Å². The molecule has 1 aliphatic heterocycles. The van der Waals surface area contributed by atoms with Gasteiger partial charge in [0, 0.05) is 18.4 Å². The lowest BCUT2D eigenvalue weighted by Crippen LogP contribution is -2.22. The standard InChI is InChI=1S/C20H23NO2/c22-20-18(11-12-21-20)13-19(17-9-5-2-6-10-17)15-23-14-16-7-3-1-4-8-16/h1-10,18-19H,11-15H2,(H,21,22)/t18-,19+/m1/s1. The van der Waals surface area contributed by atoms with Crippen LogP contribution in [-0.2, 0) is 16.1 Å². The van der Waals surface area contributed by atoms with Crippen LogP contribution in [0.1, 0.15) is 29.9 Å². The molecule has 3 rings (SSSR count). The summed E-state index contributed by atoms with van der Waals surface area (Å²) in [6.07, 6.45) is 1.78. The zero-order valence-corrected chi connectivity index (χ0v) is 13.3. The number of carbonyl (C=O) groups is 1. The summed E-state index contributed by atoms with van der Waals surface area (Å²) in [6.45, 7) is 2.06. The van der Waals surface area contributed by atoms with Crippen molar-refractivity contribution in [1.82, 2.24) is 5.32 Å². The largest absolute Gasteiger partial charge is 0.376 e. The molecule has 0 saturated carbocycles. The molecule has 3 heteroatoms. The van der Waals surface area contributed by atoms with Crippen molar-refractivity contribution >= 4 is 5.91 Å². The number of amides is 1. The van der Waals surface area contributed by atoms with Crippen LogP contribution in [-0.4, -0.2) is 19.1 Å². The number of rotatable bonds is 7. The van der Waals surface area contributed by atoms with E-state index in [0.29, 0.717) is 13.2 Å². The number of nitrogens with one attached hydrogen (secondary N) is 1. The molecule has 2 aromatic carbocycles. The third-order valence-corrected chi connectivity index (χ3v) is 4.43. The van der Waals surface area contributed by atoms with Gasteiger partial charge >= 0.3 is 0 Å². The fourth-order valence-corrected chi connectivity index (χ4v) is 3.13. The molecule has 0 bridgehead atoms. The topological polar surface area (TPSA) is 38.3 Å². The van der Waals surface area contributed by atoms with Gasteiger partial charge in [0.15, 0.2) is 0 Å². The van der Waals surface area contributed by atoms with Gasteiger partial charge in [-0.25, -0.2) is 0 Å². The number of ether oxygens (including phenoxy) is 1. The molecule has 2 aromatic rings. The molecular weight excluding hydrogens is 286 g/mol. The van der Waals surface area contributed by atoms with Crippen molar-refractivity contribution in [2.75, 3.05) is 13.2 Å². The minimum absolute atomic E-state index is 0.112. The molecule has 1 aliphatic rings. The van der Waals surface area contributed by atoms with Crippen LogP contribution < -0.4 is 5.32 Å². The Morgan fingerprint density at radius 1 is 1.04 bits per heavy atom. The first kappa shape index (κ1) is 15.8. The van der Waals surface area contributed by atoms with E-state index in [1.54, 1.807) is 0 Å². The Morgan fingerprint density at radius 2 is 1.74 bits per heavy atom. The molecule has 1 amide bonds. The van der Waals surface area contributed by atoms with Gasteiger partial charge in [0.25, 0.3) is 0 Å². The molecule has 2 atom stereocenters. The summed E-state index contributed by atoms with van der Waals surface area (Å²) >= 11 is 0. The summed E-state index contributed by atoms with van der Waals surface area (Å²) in [5, 5.41) is 2.93. The van der Waals surface area contributed by atoms with Crippen LogP contribution in [0, 0.1) is 5.92 Å². The monoisotopic (exact) mass is 309 g/mol. The predicted octanol–water partition coefficient (Wildman–Crippen LogP) is 3.51.